The molecule has 0 radical (unpaired) electrons. The minimum Gasteiger partial charge on any atom is -0.480 e. The molecule has 0 unspecified atom stereocenters. The first-order valence-electron chi connectivity index (χ1n) is 9.19. The third-order valence-electron chi connectivity index (χ3n) is 4.02. The number of nitrogens with one attached hydrogen (secondary N) is 2. The van der Waals surface area contributed by atoms with Crippen LogP contribution in [0.3, 0.4) is 0 Å². The van der Waals surface area contributed by atoms with Crippen molar-refractivity contribution in [2.75, 3.05) is 18.6 Å². The lowest BCUT2D eigenvalue weighted by molar-refractivity contribution is -0.142. The highest BCUT2D eigenvalue weighted by Gasteiger charge is 2.24. The molecule has 2 aromatic carbocycles. The molecular weight excluding hydrogens is 440 g/mol. The molecule has 8 nitrogen and oxygen atoms in total. The van der Waals surface area contributed by atoms with Gasteiger partial charge >= 0.3 is 11.9 Å². The molecule has 0 aliphatic carbocycles. The number of hydrogen-bond donors (Lipinski definition) is 3. The Morgan fingerprint density at radius 1 is 0.806 bits per heavy atom. The first kappa shape index (κ1) is 24.3. The van der Waals surface area contributed by atoms with Crippen LogP contribution >= 0.6 is 21.6 Å². The second-order valence-corrected chi connectivity index (χ2v) is 8.77. The van der Waals surface area contributed by atoms with Gasteiger partial charge in [-0.05, 0) is 24.3 Å². The fraction of sp³-hybridized carbons (Fsp3) is 0.238. The summed E-state index contributed by atoms with van der Waals surface area (Å²) in [5.74, 6) is -2.45. The summed E-state index contributed by atoms with van der Waals surface area (Å²) in [6.45, 7) is 0. The van der Waals surface area contributed by atoms with Crippen LogP contribution in [0.2, 0.25) is 0 Å². The second kappa shape index (κ2) is 12.7. The van der Waals surface area contributed by atoms with Crippen LogP contribution in [0.4, 0.5) is 0 Å². The third-order valence-corrected chi connectivity index (χ3v) is 6.44. The van der Waals surface area contributed by atoms with Gasteiger partial charge in [0.05, 0.1) is 7.11 Å². The van der Waals surface area contributed by atoms with E-state index in [4.69, 9.17) is 4.74 Å². The summed E-state index contributed by atoms with van der Waals surface area (Å²) in [7, 11) is 3.59. The Morgan fingerprint density at radius 2 is 1.23 bits per heavy atom. The van der Waals surface area contributed by atoms with Gasteiger partial charge in [-0.2, -0.15) is 0 Å². The number of rotatable bonds is 11. The molecule has 31 heavy (non-hydrogen) atoms. The maximum absolute atomic E-state index is 12.3. The van der Waals surface area contributed by atoms with Gasteiger partial charge in [0.15, 0.2) is 0 Å². The molecule has 0 bridgehead atoms. The first-order valence-corrected chi connectivity index (χ1v) is 11.7. The Kier molecular flexibility index (Phi) is 9.92. The quantitative estimate of drug-likeness (QED) is 0.264. The molecule has 164 valence electrons. The molecule has 10 heteroatoms. The lowest BCUT2D eigenvalue weighted by atomic mass is 10.2. The summed E-state index contributed by atoms with van der Waals surface area (Å²) in [6.07, 6.45) is 0. The zero-order valence-corrected chi connectivity index (χ0v) is 18.3. The number of hydrogen-bond acceptors (Lipinski definition) is 7. The normalized spacial score (nSPS) is 12.3. The maximum atomic E-state index is 12.3. The van der Waals surface area contributed by atoms with Gasteiger partial charge in [0.2, 0.25) is 0 Å². The number of benzene rings is 2. The summed E-state index contributed by atoms with van der Waals surface area (Å²) >= 11 is 0. The van der Waals surface area contributed by atoms with Gasteiger partial charge in [-0.1, -0.05) is 58.0 Å². The van der Waals surface area contributed by atoms with E-state index in [1.165, 1.54) is 28.7 Å². The average Bonchev–Trinajstić information content (AvgIpc) is 2.80. The summed E-state index contributed by atoms with van der Waals surface area (Å²) in [6, 6.07) is 14.7. The third kappa shape index (κ3) is 7.99. The fourth-order valence-corrected chi connectivity index (χ4v) is 4.68. The average molecular weight is 463 g/mol. The number of aliphatic carboxylic acids is 1. The molecule has 0 spiro atoms. The molecule has 0 aliphatic rings. The minimum atomic E-state index is -1.17. The molecule has 3 N–H and O–H groups in total. The van der Waals surface area contributed by atoms with E-state index in [0.717, 1.165) is 0 Å². The van der Waals surface area contributed by atoms with Crippen molar-refractivity contribution < 1.29 is 29.0 Å². The van der Waals surface area contributed by atoms with Crippen molar-refractivity contribution in [3.05, 3.63) is 71.8 Å². The molecule has 2 rings (SSSR count). The van der Waals surface area contributed by atoms with Crippen molar-refractivity contribution in [1.29, 1.82) is 0 Å². The van der Waals surface area contributed by atoms with Crippen molar-refractivity contribution in [2.24, 2.45) is 0 Å². The summed E-state index contributed by atoms with van der Waals surface area (Å²) in [4.78, 5) is 48.0. The SMILES string of the molecule is COC(=O)[C@H](CSSC[C@H](NC(=O)c1ccccc1)C(=O)O)NC(=O)c1ccccc1. The largest absolute Gasteiger partial charge is 0.480 e. The highest BCUT2D eigenvalue weighted by Crippen LogP contribution is 2.23. The zero-order valence-electron chi connectivity index (χ0n) is 16.6. The Bertz CT molecular complexity index is 895. The lowest BCUT2D eigenvalue weighted by Crippen LogP contribution is -2.43. The fourth-order valence-electron chi connectivity index (χ4n) is 2.38. The summed E-state index contributed by atoms with van der Waals surface area (Å²) in [5.41, 5.74) is 0.768. The van der Waals surface area contributed by atoms with Crippen molar-refractivity contribution in [2.45, 2.75) is 12.1 Å². The number of carbonyl (C=O) groups is 4. The van der Waals surface area contributed by atoms with Crippen LogP contribution in [0.25, 0.3) is 0 Å². The van der Waals surface area contributed by atoms with E-state index in [1.54, 1.807) is 60.7 Å². The van der Waals surface area contributed by atoms with Crippen LogP contribution < -0.4 is 10.6 Å². The van der Waals surface area contributed by atoms with Gasteiger partial charge in [0, 0.05) is 22.6 Å². The maximum Gasteiger partial charge on any atom is 0.329 e. The van der Waals surface area contributed by atoms with Gasteiger partial charge in [0.1, 0.15) is 12.1 Å². The molecule has 0 saturated carbocycles. The van der Waals surface area contributed by atoms with Crippen LogP contribution in [0.1, 0.15) is 20.7 Å². The van der Waals surface area contributed by atoms with Crippen LogP contribution in [0.15, 0.2) is 60.7 Å². The van der Waals surface area contributed by atoms with Crippen molar-refractivity contribution in [3.8, 4) is 0 Å². The van der Waals surface area contributed by atoms with E-state index < -0.39 is 35.8 Å². The van der Waals surface area contributed by atoms with Gasteiger partial charge in [-0.15, -0.1) is 0 Å². The molecule has 0 saturated heterocycles. The number of esters is 1. The molecule has 0 heterocycles. The Balaban J connectivity index is 1.87. The Hall–Kier alpha value is -2.98. The number of carbonyl (C=O) groups excluding carboxylic acids is 3. The van der Waals surface area contributed by atoms with Crippen LogP contribution in [0.5, 0.6) is 0 Å². The Morgan fingerprint density at radius 3 is 1.65 bits per heavy atom. The van der Waals surface area contributed by atoms with Gasteiger partial charge in [0.25, 0.3) is 11.8 Å². The van der Waals surface area contributed by atoms with E-state index in [1.807, 2.05) is 0 Å². The van der Waals surface area contributed by atoms with Gasteiger partial charge < -0.3 is 20.5 Å². The highest BCUT2D eigenvalue weighted by molar-refractivity contribution is 8.76. The van der Waals surface area contributed by atoms with Crippen molar-refractivity contribution >= 4 is 45.3 Å². The number of carboxylic acids is 1. The molecule has 0 aromatic heterocycles. The summed E-state index contributed by atoms with van der Waals surface area (Å²) in [5, 5.41) is 14.5. The van der Waals surface area contributed by atoms with Crippen molar-refractivity contribution in [1.82, 2.24) is 10.6 Å². The minimum absolute atomic E-state index is 0.0685. The van der Waals surface area contributed by atoms with E-state index in [0.29, 0.717) is 11.1 Å². The lowest BCUT2D eigenvalue weighted by Gasteiger charge is -2.17. The smallest absolute Gasteiger partial charge is 0.329 e. The van der Waals surface area contributed by atoms with E-state index >= 15 is 0 Å². The van der Waals surface area contributed by atoms with E-state index in [-0.39, 0.29) is 11.5 Å². The number of methoxy groups -OCH3 is 1. The van der Waals surface area contributed by atoms with Gasteiger partial charge in [-0.3, -0.25) is 9.59 Å². The monoisotopic (exact) mass is 462 g/mol. The summed E-state index contributed by atoms with van der Waals surface area (Å²) < 4.78 is 4.74. The molecule has 0 aliphatic heterocycles. The number of ether oxygens (including phenoxy) is 1. The second-order valence-electron chi connectivity index (χ2n) is 6.21. The van der Waals surface area contributed by atoms with Crippen molar-refractivity contribution in [3.63, 3.8) is 0 Å². The Labute approximate surface area is 187 Å². The highest BCUT2D eigenvalue weighted by atomic mass is 33.1. The predicted molar refractivity (Wildman–Crippen MR) is 120 cm³/mol. The molecule has 2 aromatic rings. The van der Waals surface area contributed by atoms with Crippen LogP contribution in [0, 0.1) is 0 Å². The number of carboxylic acid groups (broad SMARTS) is 1. The molecule has 2 atom stereocenters. The molecule has 2 amide bonds. The topological polar surface area (TPSA) is 122 Å². The van der Waals surface area contributed by atoms with Crippen LogP contribution in [-0.4, -0.2) is 59.6 Å². The predicted octanol–water partition coefficient (Wildman–Crippen LogP) is 2.22. The number of amides is 2. The molecular formula is C21H22N2O6S2. The zero-order chi connectivity index (χ0) is 22.6. The standard InChI is InChI=1S/C21H22N2O6S2/c1-29-21(28)17(23-19(25)15-10-6-3-7-11-15)13-31-30-12-16(20(26)27)22-18(24)14-8-4-2-5-9-14/h2-11,16-17H,12-13H2,1H3,(H,22,24)(H,23,25)(H,26,27)/t16-,17-/m0/s1. The van der Waals surface area contributed by atoms with E-state index in [2.05, 4.69) is 10.6 Å². The van der Waals surface area contributed by atoms with Gasteiger partial charge in [-0.25, -0.2) is 9.59 Å². The first-order chi connectivity index (χ1) is 14.9. The van der Waals surface area contributed by atoms with E-state index in [9.17, 15) is 24.3 Å². The molecule has 0 fully saturated rings. The van der Waals surface area contributed by atoms with Crippen LogP contribution in [-0.2, 0) is 14.3 Å².